The minimum atomic E-state index is -0.943. The Labute approximate surface area is 151 Å². The topological polar surface area (TPSA) is 104 Å². The van der Waals surface area contributed by atoms with Gasteiger partial charge in [0.15, 0.2) is 12.7 Å². The highest BCUT2D eigenvalue weighted by molar-refractivity contribution is 7.13. The molecule has 1 amide bonds. The molecule has 9 heteroatoms. The Balaban J connectivity index is 1.33. The fourth-order valence-corrected chi connectivity index (χ4v) is 3.04. The molecule has 0 aliphatic carbocycles. The van der Waals surface area contributed by atoms with E-state index in [0.29, 0.717) is 17.3 Å². The number of nitrogens with zero attached hydrogens (tertiary/aromatic N) is 2. The van der Waals surface area contributed by atoms with E-state index in [9.17, 15) is 9.59 Å². The second-order valence-corrected chi connectivity index (χ2v) is 6.38. The van der Waals surface area contributed by atoms with Crippen molar-refractivity contribution in [3.63, 3.8) is 0 Å². The molecule has 0 saturated carbocycles. The zero-order valence-corrected chi connectivity index (χ0v) is 14.2. The lowest BCUT2D eigenvalue weighted by Crippen LogP contribution is -2.38. The lowest BCUT2D eigenvalue weighted by Gasteiger charge is -2.24. The van der Waals surface area contributed by atoms with Crippen LogP contribution in [-0.4, -0.2) is 28.2 Å². The minimum absolute atomic E-state index is 0.165. The number of rotatable bonds is 5. The van der Waals surface area contributed by atoms with Gasteiger partial charge in [0.2, 0.25) is 0 Å². The third kappa shape index (κ3) is 3.42. The maximum absolute atomic E-state index is 12.0. The molecule has 1 atom stereocenters. The number of hydrogen-bond acceptors (Lipinski definition) is 8. The van der Waals surface area contributed by atoms with Crippen molar-refractivity contribution < 1.29 is 23.5 Å². The van der Waals surface area contributed by atoms with Crippen LogP contribution in [-0.2, 0) is 20.9 Å². The van der Waals surface area contributed by atoms with Gasteiger partial charge in [-0.1, -0.05) is 18.2 Å². The van der Waals surface area contributed by atoms with E-state index < -0.39 is 18.0 Å². The first kappa shape index (κ1) is 16.3. The molecule has 26 heavy (non-hydrogen) atoms. The van der Waals surface area contributed by atoms with Crippen molar-refractivity contribution in [2.45, 2.75) is 19.1 Å². The molecule has 1 aliphatic heterocycles. The van der Waals surface area contributed by atoms with Crippen LogP contribution in [0.3, 0.4) is 0 Å². The second kappa shape index (κ2) is 6.96. The fraction of sp³-hybridized carbons (Fsp3) is 0.176. The van der Waals surface area contributed by atoms with Crippen molar-refractivity contribution in [1.29, 1.82) is 0 Å². The summed E-state index contributed by atoms with van der Waals surface area (Å²) >= 11 is 1.47. The smallest absolute Gasteiger partial charge is 0.310 e. The largest absolute Gasteiger partial charge is 0.478 e. The van der Waals surface area contributed by atoms with Gasteiger partial charge in [0, 0.05) is 0 Å². The van der Waals surface area contributed by atoms with Crippen molar-refractivity contribution in [2.75, 3.05) is 5.32 Å². The van der Waals surface area contributed by atoms with E-state index in [0.717, 1.165) is 4.88 Å². The van der Waals surface area contributed by atoms with Gasteiger partial charge in [0.05, 0.1) is 17.0 Å². The van der Waals surface area contributed by atoms with Gasteiger partial charge in [-0.25, -0.2) is 0 Å². The summed E-state index contributed by atoms with van der Waals surface area (Å²) in [5.74, 6) is 0.0833. The summed E-state index contributed by atoms with van der Waals surface area (Å²) in [6.07, 6.45) is -1.16. The lowest BCUT2D eigenvalue weighted by molar-refractivity contribution is -0.149. The van der Waals surface area contributed by atoms with Crippen LogP contribution in [0.25, 0.3) is 10.8 Å². The molecule has 0 bridgehead atoms. The standard InChI is InChI=1S/C17H13N3O5S/c21-15(8-12-16(22)18-10-4-1-2-5-11(10)24-12)23-9-14-19-20-17(25-14)13-6-3-7-26-13/h1-7,12H,8-9H2,(H,18,22). The van der Waals surface area contributed by atoms with Crippen LogP contribution in [0.15, 0.2) is 46.2 Å². The van der Waals surface area contributed by atoms with E-state index in [4.69, 9.17) is 13.9 Å². The van der Waals surface area contributed by atoms with Gasteiger partial charge in [-0.05, 0) is 23.6 Å². The molecule has 0 spiro atoms. The molecule has 0 radical (unpaired) electrons. The normalized spacial score (nSPS) is 15.7. The van der Waals surface area contributed by atoms with E-state index in [1.165, 1.54) is 11.3 Å². The van der Waals surface area contributed by atoms with Crippen molar-refractivity contribution in [2.24, 2.45) is 0 Å². The summed E-state index contributed by atoms with van der Waals surface area (Å²) < 4.78 is 16.1. The molecule has 8 nitrogen and oxygen atoms in total. The fourth-order valence-electron chi connectivity index (χ4n) is 2.39. The molecule has 0 saturated heterocycles. The van der Waals surface area contributed by atoms with Crippen LogP contribution >= 0.6 is 11.3 Å². The molecule has 3 aromatic rings. The highest BCUT2D eigenvalue weighted by Gasteiger charge is 2.30. The van der Waals surface area contributed by atoms with E-state index in [1.807, 2.05) is 17.5 Å². The minimum Gasteiger partial charge on any atom is -0.478 e. The zero-order valence-electron chi connectivity index (χ0n) is 13.4. The Hall–Kier alpha value is -3.20. The van der Waals surface area contributed by atoms with Crippen LogP contribution in [0.2, 0.25) is 0 Å². The molecular formula is C17H13N3O5S. The van der Waals surface area contributed by atoms with Crippen molar-refractivity contribution in [3.8, 4) is 16.5 Å². The molecule has 0 fully saturated rings. The van der Waals surface area contributed by atoms with Crippen LogP contribution in [0.1, 0.15) is 12.3 Å². The van der Waals surface area contributed by atoms with E-state index >= 15 is 0 Å². The van der Waals surface area contributed by atoms with Gasteiger partial charge in [0.25, 0.3) is 17.7 Å². The average molecular weight is 371 g/mol. The molecular weight excluding hydrogens is 358 g/mol. The molecule has 132 valence electrons. The second-order valence-electron chi connectivity index (χ2n) is 5.43. The average Bonchev–Trinajstić information content (AvgIpc) is 3.32. The number of thiophene rings is 1. The summed E-state index contributed by atoms with van der Waals surface area (Å²) in [7, 11) is 0. The number of para-hydroxylation sites is 2. The number of benzene rings is 1. The number of anilines is 1. The number of amides is 1. The molecule has 1 unspecified atom stereocenters. The monoisotopic (exact) mass is 371 g/mol. The molecule has 1 aliphatic rings. The van der Waals surface area contributed by atoms with E-state index in [2.05, 4.69) is 15.5 Å². The summed E-state index contributed by atoms with van der Waals surface area (Å²) in [4.78, 5) is 24.9. The van der Waals surface area contributed by atoms with Crippen LogP contribution in [0, 0.1) is 0 Å². The Bertz CT molecular complexity index is 938. The van der Waals surface area contributed by atoms with Gasteiger partial charge >= 0.3 is 5.97 Å². The van der Waals surface area contributed by atoms with Gasteiger partial charge < -0.3 is 19.2 Å². The van der Waals surface area contributed by atoms with Crippen molar-refractivity contribution in [3.05, 3.63) is 47.7 Å². The van der Waals surface area contributed by atoms with Gasteiger partial charge in [-0.15, -0.1) is 21.5 Å². The SMILES string of the molecule is O=C(CC1Oc2ccccc2NC1=O)OCc1nnc(-c2cccs2)o1. The van der Waals surface area contributed by atoms with Crippen LogP contribution in [0.4, 0.5) is 5.69 Å². The maximum atomic E-state index is 12.0. The Kier molecular flexibility index (Phi) is 4.36. The predicted molar refractivity (Wildman–Crippen MR) is 91.5 cm³/mol. The number of esters is 1. The van der Waals surface area contributed by atoms with Gasteiger partial charge in [0.1, 0.15) is 5.75 Å². The van der Waals surface area contributed by atoms with E-state index in [-0.39, 0.29) is 18.9 Å². The third-order valence-corrected chi connectivity index (χ3v) is 4.47. The summed E-state index contributed by atoms with van der Waals surface area (Å²) in [6.45, 7) is -0.165. The molecule has 2 aromatic heterocycles. The number of carbonyl (C=O) groups is 2. The van der Waals surface area contributed by atoms with Crippen LogP contribution in [0.5, 0.6) is 5.75 Å². The summed E-state index contributed by atoms with van der Waals surface area (Å²) in [5.41, 5.74) is 0.578. The lowest BCUT2D eigenvalue weighted by atomic mass is 10.1. The van der Waals surface area contributed by atoms with Gasteiger partial charge in [-0.3, -0.25) is 9.59 Å². The highest BCUT2D eigenvalue weighted by atomic mass is 32.1. The molecule has 4 rings (SSSR count). The van der Waals surface area contributed by atoms with E-state index in [1.54, 1.807) is 24.3 Å². The highest BCUT2D eigenvalue weighted by Crippen LogP contribution is 2.29. The number of ether oxygens (including phenoxy) is 2. The molecule has 1 aromatic carbocycles. The summed E-state index contributed by atoms with van der Waals surface area (Å²) in [6, 6.07) is 10.7. The number of fused-ring (bicyclic) bond motifs is 1. The predicted octanol–water partition coefficient (Wildman–Crippen LogP) is 2.63. The molecule has 3 heterocycles. The quantitative estimate of drug-likeness (QED) is 0.688. The van der Waals surface area contributed by atoms with Gasteiger partial charge in [-0.2, -0.15) is 0 Å². The first-order chi connectivity index (χ1) is 12.7. The number of aromatic nitrogens is 2. The van der Waals surface area contributed by atoms with Crippen molar-refractivity contribution in [1.82, 2.24) is 10.2 Å². The first-order valence-electron chi connectivity index (χ1n) is 7.77. The first-order valence-corrected chi connectivity index (χ1v) is 8.65. The number of hydrogen-bond donors (Lipinski definition) is 1. The third-order valence-electron chi connectivity index (χ3n) is 3.61. The van der Waals surface area contributed by atoms with Crippen molar-refractivity contribution >= 4 is 28.9 Å². The molecule has 1 N–H and O–H groups in total. The number of nitrogens with one attached hydrogen (secondary N) is 1. The van der Waals surface area contributed by atoms with Crippen LogP contribution < -0.4 is 10.1 Å². The Morgan fingerprint density at radius 1 is 1.23 bits per heavy atom. The Morgan fingerprint density at radius 3 is 2.96 bits per heavy atom. The summed E-state index contributed by atoms with van der Waals surface area (Å²) in [5, 5.41) is 12.3. The zero-order chi connectivity index (χ0) is 17.9. The number of carbonyl (C=O) groups excluding carboxylic acids is 2. The maximum Gasteiger partial charge on any atom is 0.310 e. The Morgan fingerprint density at radius 2 is 2.12 bits per heavy atom.